The van der Waals surface area contributed by atoms with E-state index in [0.29, 0.717) is 21.0 Å². The minimum atomic E-state index is 0.0436. The first-order chi connectivity index (χ1) is 15.5. The van der Waals surface area contributed by atoms with Crippen molar-refractivity contribution < 1.29 is 4.74 Å². The molecular formula is C31H50OS. The predicted octanol–water partition coefficient (Wildman–Crippen LogP) is 8.98. The standard InChI is InChI=1S/C31H50OS/c1-8-31-18-17-30(16-15-27(2,3)21-32-30)20-23(31)9-11-24-25-12-10-22(19-28(4,5)33-7)29(25,6)14-13-26(24)31/h13,20,22,24-25H,8-12,14-19,21H2,1-7H3. The van der Waals surface area contributed by atoms with Gasteiger partial charge in [0.15, 0.2) is 0 Å². The van der Waals surface area contributed by atoms with Crippen molar-refractivity contribution in [2.24, 2.45) is 34.0 Å². The number of rotatable bonds is 4. The average Bonchev–Trinajstić information content (AvgIpc) is 3.11. The van der Waals surface area contributed by atoms with Crippen LogP contribution in [-0.2, 0) is 4.74 Å². The van der Waals surface area contributed by atoms with Gasteiger partial charge in [0, 0.05) is 10.2 Å². The maximum atomic E-state index is 6.65. The van der Waals surface area contributed by atoms with Gasteiger partial charge in [-0.15, -0.1) is 0 Å². The Morgan fingerprint density at radius 1 is 1.06 bits per heavy atom. The van der Waals surface area contributed by atoms with E-state index in [-0.39, 0.29) is 5.60 Å². The molecule has 2 heteroatoms. The van der Waals surface area contributed by atoms with Crippen LogP contribution >= 0.6 is 11.8 Å². The van der Waals surface area contributed by atoms with Crippen molar-refractivity contribution in [3.05, 3.63) is 23.3 Å². The van der Waals surface area contributed by atoms with Crippen LogP contribution < -0.4 is 0 Å². The molecule has 33 heavy (non-hydrogen) atoms. The monoisotopic (exact) mass is 470 g/mol. The zero-order chi connectivity index (χ0) is 23.7. The molecule has 0 radical (unpaired) electrons. The van der Waals surface area contributed by atoms with E-state index in [0.717, 1.165) is 24.4 Å². The van der Waals surface area contributed by atoms with Crippen LogP contribution in [0.15, 0.2) is 23.3 Å². The first-order valence-electron chi connectivity index (χ1n) is 14.1. The highest BCUT2D eigenvalue weighted by molar-refractivity contribution is 7.99. The van der Waals surface area contributed by atoms with Gasteiger partial charge in [0.1, 0.15) is 0 Å². The van der Waals surface area contributed by atoms with Crippen molar-refractivity contribution >= 4 is 11.8 Å². The van der Waals surface area contributed by atoms with Gasteiger partial charge in [-0.05, 0) is 105 Å². The highest BCUT2D eigenvalue weighted by Gasteiger charge is 2.58. The third-order valence-electron chi connectivity index (χ3n) is 11.4. The number of allylic oxidation sites excluding steroid dienone is 3. The lowest BCUT2D eigenvalue weighted by molar-refractivity contribution is -0.109. The first kappa shape index (κ1) is 24.5. The fraction of sp³-hybridized carbons (Fsp3) is 0.871. The molecule has 1 spiro atoms. The Balaban J connectivity index is 1.43. The van der Waals surface area contributed by atoms with E-state index in [2.05, 4.69) is 71.7 Å². The summed E-state index contributed by atoms with van der Waals surface area (Å²) in [4.78, 5) is 0. The maximum Gasteiger partial charge on any atom is 0.0866 e. The summed E-state index contributed by atoms with van der Waals surface area (Å²) in [6.45, 7) is 15.8. The van der Waals surface area contributed by atoms with Crippen LogP contribution in [0.2, 0.25) is 0 Å². The van der Waals surface area contributed by atoms with Crippen molar-refractivity contribution in [1.82, 2.24) is 0 Å². The minimum Gasteiger partial charge on any atom is -0.370 e. The highest BCUT2D eigenvalue weighted by Crippen LogP contribution is 2.67. The predicted molar refractivity (Wildman–Crippen MR) is 144 cm³/mol. The van der Waals surface area contributed by atoms with Crippen molar-refractivity contribution in [2.75, 3.05) is 12.9 Å². The summed E-state index contributed by atoms with van der Waals surface area (Å²) in [6, 6.07) is 0. The minimum absolute atomic E-state index is 0.0436. The molecule has 5 aliphatic rings. The van der Waals surface area contributed by atoms with Crippen molar-refractivity contribution in [2.45, 2.75) is 123 Å². The number of fused-ring (bicyclic) bond motifs is 5. The quantitative estimate of drug-likeness (QED) is 0.379. The van der Waals surface area contributed by atoms with Crippen LogP contribution in [0.1, 0.15) is 112 Å². The Kier molecular flexibility index (Phi) is 6.05. The normalized spacial score (nSPS) is 44.5. The second-order valence-electron chi connectivity index (χ2n) is 14.2. The Hall–Kier alpha value is -0.210. The third-order valence-corrected chi connectivity index (χ3v) is 12.7. The summed E-state index contributed by atoms with van der Waals surface area (Å²) < 4.78 is 7.06. The molecule has 6 unspecified atom stereocenters. The van der Waals surface area contributed by atoms with E-state index < -0.39 is 0 Å². The number of ether oxygens (including phenoxy) is 1. The topological polar surface area (TPSA) is 9.23 Å². The Morgan fingerprint density at radius 2 is 1.82 bits per heavy atom. The summed E-state index contributed by atoms with van der Waals surface area (Å²) in [7, 11) is 0. The third kappa shape index (κ3) is 3.92. The average molecular weight is 471 g/mol. The molecule has 0 aromatic rings. The van der Waals surface area contributed by atoms with E-state index in [4.69, 9.17) is 4.74 Å². The summed E-state index contributed by atoms with van der Waals surface area (Å²) in [5.41, 5.74) is 4.90. The summed E-state index contributed by atoms with van der Waals surface area (Å²) >= 11 is 2.07. The number of hydrogen-bond acceptors (Lipinski definition) is 2. The Morgan fingerprint density at radius 3 is 2.48 bits per heavy atom. The molecule has 1 aliphatic heterocycles. The van der Waals surface area contributed by atoms with Crippen molar-refractivity contribution in [3.8, 4) is 0 Å². The molecule has 1 nitrogen and oxygen atoms in total. The summed E-state index contributed by atoms with van der Waals surface area (Å²) in [6.07, 6.45) is 22.5. The molecule has 6 atom stereocenters. The molecule has 0 N–H and O–H groups in total. The van der Waals surface area contributed by atoms with Crippen LogP contribution in [0.5, 0.6) is 0 Å². The second kappa shape index (κ2) is 8.16. The molecule has 2 saturated carbocycles. The lowest BCUT2D eigenvalue weighted by Crippen LogP contribution is -2.50. The van der Waals surface area contributed by atoms with Gasteiger partial charge in [-0.2, -0.15) is 11.8 Å². The lowest BCUT2D eigenvalue weighted by atomic mass is 9.49. The van der Waals surface area contributed by atoms with E-state index in [1.807, 2.05) is 5.57 Å². The molecule has 1 heterocycles. The maximum absolute atomic E-state index is 6.65. The van der Waals surface area contributed by atoms with Crippen molar-refractivity contribution in [3.63, 3.8) is 0 Å². The van der Waals surface area contributed by atoms with Crippen molar-refractivity contribution in [1.29, 1.82) is 0 Å². The molecule has 0 aromatic carbocycles. The molecule has 186 valence electrons. The Bertz CT molecular complexity index is 824. The zero-order valence-corrected chi connectivity index (χ0v) is 23.5. The summed E-state index contributed by atoms with van der Waals surface area (Å²) in [5, 5.41) is 0. The molecule has 3 fully saturated rings. The molecule has 4 aliphatic carbocycles. The molecule has 0 aromatic heterocycles. The number of hydrogen-bond donors (Lipinski definition) is 0. The van der Waals surface area contributed by atoms with Gasteiger partial charge in [0.25, 0.3) is 0 Å². The van der Waals surface area contributed by atoms with Crippen LogP contribution in [0.3, 0.4) is 0 Å². The molecule has 0 amide bonds. The van der Waals surface area contributed by atoms with E-state index >= 15 is 0 Å². The van der Waals surface area contributed by atoms with Crippen LogP contribution in [0.4, 0.5) is 0 Å². The molecular weight excluding hydrogens is 420 g/mol. The summed E-state index contributed by atoms with van der Waals surface area (Å²) in [5.74, 6) is 2.64. The lowest BCUT2D eigenvalue weighted by Gasteiger charge is -2.57. The largest absolute Gasteiger partial charge is 0.370 e. The fourth-order valence-corrected chi connectivity index (χ4v) is 9.32. The van der Waals surface area contributed by atoms with Gasteiger partial charge < -0.3 is 4.74 Å². The first-order valence-corrected chi connectivity index (χ1v) is 15.3. The van der Waals surface area contributed by atoms with Gasteiger partial charge in [-0.25, -0.2) is 0 Å². The Labute approximate surface area is 209 Å². The van der Waals surface area contributed by atoms with Crippen LogP contribution in [0, 0.1) is 34.0 Å². The fourth-order valence-electron chi connectivity index (χ4n) is 8.96. The number of thioether (sulfide) groups is 1. The second-order valence-corrected chi connectivity index (χ2v) is 15.7. The molecule has 0 bridgehead atoms. The van der Waals surface area contributed by atoms with Gasteiger partial charge in [-0.1, -0.05) is 64.8 Å². The van der Waals surface area contributed by atoms with Crippen LogP contribution in [-0.4, -0.2) is 23.2 Å². The van der Waals surface area contributed by atoms with Gasteiger partial charge in [0.05, 0.1) is 12.2 Å². The van der Waals surface area contributed by atoms with E-state index in [1.54, 1.807) is 5.57 Å². The van der Waals surface area contributed by atoms with Crippen LogP contribution in [0.25, 0.3) is 0 Å². The van der Waals surface area contributed by atoms with E-state index in [9.17, 15) is 0 Å². The highest BCUT2D eigenvalue weighted by atomic mass is 32.2. The van der Waals surface area contributed by atoms with Gasteiger partial charge in [-0.3, -0.25) is 0 Å². The van der Waals surface area contributed by atoms with Gasteiger partial charge >= 0.3 is 0 Å². The smallest absolute Gasteiger partial charge is 0.0866 e. The molecule has 5 rings (SSSR count). The zero-order valence-electron chi connectivity index (χ0n) is 22.7. The molecule has 1 saturated heterocycles. The van der Waals surface area contributed by atoms with Gasteiger partial charge in [0.2, 0.25) is 0 Å². The SMILES string of the molecule is CCC12CCC3(C=C1CCC1C2=CCC2(C)C(CC(C)(C)SC)CCC12)CCC(C)(C)CO3. The van der Waals surface area contributed by atoms with E-state index in [1.165, 1.54) is 70.6 Å².